The fourth-order valence-corrected chi connectivity index (χ4v) is 2.57. The second-order valence-corrected chi connectivity index (χ2v) is 5.98. The van der Waals surface area contributed by atoms with Gasteiger partial charge in [0.15, 0.2) is 0 Å². The van der Waals surface area contributed by atoms with E-state index < -0.39 is 0 Å². The molecule has 1 heterocycles. The van der Waals surface area contributed by atoms with Crippen molar-refractivity contribution in [2.24, 2.45) is 0 Å². The van der Waals surface area contributed by atoms with Crippen LogP contribution in [0.2, 0.25) is 5.02 Å². The lowest BCUT2D eigenvalue weighted by atomic mass is 10.2. The molecule has 1 fully saturated rings. The van der Waals surface area contributed by atoms with Crippen LogP contribution in [0.3, 0.4) is 0 Å². The minimum Gasteiger partial charge on any atom is -0.352 e. The first-order chi connectivity index (χ1) is 9.58. The Kier molecular flexibility index (Phi) is 5.43. The smallest absolute Gasteiger partial charge is 0.251 e. The Morgan fingerprint density at radius 3 is 2.65 bits per heavy atom. The molecule has 0 bridgehead atoms. The molecule has 0 atom stereocenters. The maximum atomic E-state index is 11.9. The summed E-state index contributed by atoms with van der Waals surface area (Å²) in [5.74, 6) is -0.106. The minimum atomic E-state index is -0.214. The van der Waals surface area contributed by atoms with Gasteiger partial charge in [0.05, 0.1) is 5.02 Å². The second kappa shape index (κ2) is 7.09. The van der Waals surface area contributed by atoms with Gasteiger partial charge in [-0.25, -0.2) is 0 Å². The number of amides is 2. The largest absolute Gasteiger partial charge is 0.352 e. The topological polar surface area (TPSA) is 49.4 Å². The molecule has 1 aliphatic rings. The molecule has 108 valence electrons. The lowest BCUT2D eigenvalue weighted by Crippen LogP contribution is -2.32. The highest BCUT2D eigenvalue weighted by Crippen LogP contribution is 2.23. The number of halogens is 2. The summed E-state index contributed by atoms with van der Waals surface area (Å²) in [7, 11) is 0. The molecule has 1 aromatic carbocycles. The van der Waals surface area contributed by atoms with Gasteiger partial charge in [-0.05, 0) is 47.0 Å². The van der Waals surface area contributed by atoms with Crippen LogP contribution in [0.15, 0.2) is 22.7 Å². The highest BCUT2D eigenvalue weighted by Gasteiger charge is 2.17. The lowest BCUT2D eigenvalue weighted by molar-refractivity contribution is -0.129. The SMILES string of the molecule is O=C(NCCC(=O)N1CCCC1)c1ccc(Br)c(Cl)c1. The number of likely N-dealkylation sites (tertiary alicyclic amines) is 1. The average Bonchev–Trinajstić information content (AvgIpc) is 2.95. The first kappa shape index (κ1) is 15.3. The van der Waals surface area contributed by atoms with Gasteiger partial charge in [-0.2, -0.15) is 0 Å². The summed E-state index contributed by atoms with van der Waals surface area (Å²) in [6, 6.07) is 5.02. The number of benzene rings is 1. The van der Waals surface area contributed by atoms with Gasteiger partial charge in [0.1, 0.15) is 0 Å². The van der Waals surface area contributed by atoms with E-state index in [0.29, 0.717) is 23.6 Å². The fourth-order valence-electron chi connectivity index (χ4n) is 2.15. The van der Waals surface area contributed by atoms with Crippen LogP contribution in [-0.4, -0.2) is 36.3 Å². The van der Waals surface area contributed by atoms with Crippen molar-refractivity contribution in [2.75, 3.05) is 19.6 Å². The van der Waals surface area contributed by atoms with Crippen LogP contribution in [0.25, 0.3) is 0 Å². The molecule has 0 aliphatic carbocycles. The summed E-state index contributed by atoms with van der Waals surface area (Å²) >= 11 is 9.21. The quantitative estimate of drug-likeness (QED) is 0.898. The Balaban J connectivity index is 1.79. The van der Waals surface area contributed by atoms with Crippen molar-refractivity contribution in [3.63, 3.8) is 0 Å². The normalized spacial score (nSPS) is 14.4. The van der Waals surface area contributed by atoms with E-state index in [4.69, 9.17) is 11.6 Å². The van der Waals surface area contributed by atoms with Crippen molar-refractivity contribution < 1.29 is 9.59 Å². The summed E-state index contributed by atoms with van der Waals surface area (Å²) in [6.45, 7) is 2.03. The van der Waals surface area contributed by atoms with Gasteiger partial charge in [-0.3, -0.25) is 9.59 Å². The van der Waals surface area contributed by atoms with E-state index in [2.05, 4.69) is 21.2 Å². The van der Waals surface area contributed by atoms with Crippen molar-refractivity contribution >= 4 is 39.3 Å². The lowest BCUT2D eigenvalue weighted by Gasteiger charge is -2.15. The molecule has 1 saturated heterocycles. The number of hydrogen-bond acceptors (Lipinski definition) is 2. The van der Waals surface area contributed by atoms with Crippen molar-refractivity contribution in [1.29, 1.82) is 0 Å². The summed E-state index contributed by atoms with van der Waals surface area (Å²) in [6.07, 6.45) is 2.50. The minimum absolute atomic E-state index is 0.108. The Hall–Kier alpha value is -1.07. The van der Waals surface area contributed by atoms with Gasteiger partial charge in [-0.15, -0.1) is 0 Å². The molecule has 0 spiro atoms. The summed E-state index contributed by atoms with van der Waals surface area (Å²) < 4.78 is 0.750. The van der Waals surface area contributed by atoms with Crippen molar-refractivity contribution in [1.82, 2.24) is 10.2 Å². The summed E-state index contributed by atoms with van der Waals surface area (Å²) in [5.41, 5.74) is 0.492. The first-order valence-corrected chi connectivity index (χ1v) is 7.76. The van der Waals surface area contributed by atoms with Gasteiger partial charge in [0.25, 0.3) is 5.91 Å². The van der Waals surface area contributed by atoms with E-state index in [-0.39, 0.29) is 11.8 Å². The molecule has 0 radical (unpaired) electrons. The van der Waals surface area contributed by atoms with E-state index in [1.165, 1.54) is 0 Å². The Morgan fingerprint density at radius 2 is 2.00 bits per heavy atom. The Bertz CT molecular complexity index is 516. The van der Waals surface area contributed by atoms with Crippen molar-refractivity contribution in [2.45, 2.75) is 19.3 Å². The summed E-state index contributed by atoms with van der Waals surface area (Å²) in [4.78, 5) is 25.6. The number of nitrogens with zero attached hydrogens (tertiary/aromatic N) is 1. The fraction of sp³-hybridized carbons (Fsp3) is 0.429. The third-order valence-electron chi connectivity index (χ3n) is 3.26. The van der Waals surface area contributed by atoms with Gasteiger partial charge < -0.3 is 10.2 Å². The van der Waals surface area contributed by atoms with E-state index in [1.807, 2.05) is 4.90 Å². The van der Waals surface area contributed by atoms with Crippen molar-refractivity contribution in [3.8, 4) is 0 Å². The van der Waals surface area contributed by atoms with Gasteiger partial charge in [0, 0.05) is 36.1 Å². The Labute approximate surface area is 131 Å². The van der Waals surface area contributed by atoms with E-state index in [1.54, 1.807) is 18.2 Å². The number of carbonyl (C=O) groups excluding carboxylic acids is 2. The van der Waals surface area contributed by atoms with Crippen LogP contribution < -0.4 is 5.32 Å². The zero-order valence-corrected chi connectivity index (χ0v) is 13.3. The van der Waals surface area contributed by atoms with Crippen LogP contribution in [0.1, 0.15) is 29.6 Å². The molecular formula is C14H16BrClN2O2. The second-order valence-electron chi connectivity index (χ2n) is 4.72. The highest BCUT2D eigenvalue weighted by molar-refractivity contribution is 9.10. The zero-order chi connectivity index (χ0) is 14.5. The molecule has 0 aromatic heterocycles. The Morgan fingerprint density at radius 1 is 1.30 bits per heavy atom. The molecule has 2 rings (SSSR count). The number of carbonyl (C=O) groups is 2. The maximum absolute atomic E-state index is 11.9. The molecule has 1 aliphatic heterocycles. The third-order valence-corrected chi connectivity index (χ3v) is 4.50. The number of hydrogen-bond donors (Lipinski definition) is 1. The average molecular weight is 360 g/mol. The molecule has 6 heteroatoms. The molecule has 4 nitrogen and oxygen atoms in total. The summed E-state index contributed by atoms with van der Waals surface area (Å²) in [5, 5.41) is 3.23. The number of rotatable bonds is 4. The monoisotopic (exact) mass is 358 g/mol. The number of nitrogens with one attached hydrogen (secondary N) is 1. The van der Waals surface area contributed by atoms with Gasteiger partial charge in [0.2, 0.25) is 5.91 Å². The molecule has 0 saturated carbocycles. The standard InChI is InChI=1S/C14H16BrClN2O2/c15-11-4-3-10(9-12(11)16)14(20)17-6-5-13(19)18-7-1-2-8-18/h3-4,9H,1-2,5-8H2,(H,17,20). The zero-order valence-electron chi connectivity index (χ0n) is 11.0. The molecule has 2 amide bonds. The maximum Gasteiger partial charge on any atom is 0.251 e. The van der Waals surface area contributed by atoms with E-state index in [9.17, 15) is 9.59 Å². The predicted molar refractivity (Wildman–Crippen MR) is 81.9 cm³/mol. The molecular weight excluding hydrogens is 344 g/mol. The van der Waals surface area contributed by atoms with Crippen LogP contribution >= 0.6 is 27.5 Å². The van der Waals surface area contributed by atoms with Crippen molar-refractivity contribution in [3.05, 3.63) is 33.3 Å². The van der Waals surface area contributed by atoms with Gasteiger partial charge >= 0.3 is 0 Å². The third kappa shape index (κ3) is 3.96. The predicted octanol–water partition coefficient (Wildman–Crippen LogP) is 2.84. The first-order valence-electron chi connectivity index (χ1n) is 6.59. The molecule has 0 unspecified atom stereocenters. The molecule has 1 N–H and O–H groups in total. The molecule has 1 aromatic rings. The van der Waals surface area contributed by atoms with Crippen LogP contribution in [-0.2, 0) is 4.79 Å². The molecule has 20 heavy (non-hydrogen) atoms. The highest BCUT2D eigenvalue weighted by atomic mass is 79.9. The van der Waals surface area contributed by atoms with Gasteiger partial charge in [-0.1, -0.05) is 11.6 Å². The van der Waals surface area contributed by atoms with E-state index in [0.717, 1.165) is 30.4 Å². The van der Waals surface area contributed by atoms with Crippen LogP contribution in [0, 0.1) is 0 Å². The van der Waals surface area contributed by atoms with Crippen LogP contribution in [0.5, 0.6) is 0 Å². The van der Waals surface area contributed by atoms with Crippen LogP contribution in [0.4, 0.5) is 0 Å². The van der Waals surface area contributed by atoms with E-state index >= 15 is 0 Å².